The van der Waals surface area contributed by atoms with E-state index in [4.69, 9.17) is 9.98 Å². The summed E-state index contributed by atoms with van der Waals surface area (Å²) in [6.07, 6.45) is -0.243. The van der Waals surface area contributed by atoms with Gasteiger partial charge < -0.3 is 4.90 Å². The van der Waals surface area contributed by atoms with E-state index in [0.29, 0.717) is 0 Å². The summed E-state index contributed by atoms with van der Waals surface area (Å²) in [6, 6.07) is 90.4. The summed E-state index contributed by atoms with van der Waals surface area (Å²) in [5.41, 5.74) is 20.7. The minimum atomic E-state index is -0.243. The number of nitrogens with zero attached hydrogens (tertiary/aromatic N) is 3. The molecule has 11 aromatic rings. The summed E-state index contributed by atoms with van der Waals surface area (Å²) >= 11 is 0. The number of hydrogen-bond acceptors (Lipinski definition) is 3. The Balaban J connectivity index is 0.814. The number of rotatable bonds is 8. The van der Waals surface area contributed by atoms with Crippen LogP contribution in [0.1, 0.15) is 47.8 Å². The Hall–Kier alpha value is -8.92. The van der Waals surface area contributed by atoms with E-state index in [-0.39, 0.29) is 11.6 Å². The molecule has 0 amide bonds. The molecule has 2 aliphatic rings. The highest BCUT2D eigenvalue weighted by Gasteiger charge is 2.35. The zero-order chi connectivity index (χ0) is 48.3. The molecule has 342 valence electrons. The molecule has 1 aliphatic heterocycles. The standard InChI is InChI=1S/C69H51N3/c1-69(2)64-25-15-14-24-62(64)63-39-38-53(44-65(63)69)47-26-30-48(31-27-47)54-40-42-60(58-22-12-10-20-56(54)58)61-43-41-55(57-21-11-13-23-59(57)61)49-32-34-50(35-33-49)66-70-67(51-18-8-5-9-19-51)72(3)68(71-66)52-36-28-46(29-37-52)45-16-6-4-7-17-45/h4-44,68H,1-3H3. The molecular weight excluding hydrogens is 871 g/mol. The molecule has 0 aromatic heterocycles. The van der Waals surface area contributed by atoms with Crippen molar-refractivity contribution in [3.63, 3.8) is 0 Å². The monoisotopic (exact) mass is 921 g/mol. The molecule has 3 nitrogen and oxygen atoms in total. The number of hydrogen-bond donors (Lipinski definition) is 0. The van der Waals surface area contributed by atoms with Crippen LogP contribution < -0.4 is 0 Å². The van der Waals surface area contributed by atoms with Crippen molar-refractivity contribution in [3.8, 4) is 66.8 Å². The van der Waals surface area contributed by atoms with Crippen molar-refractivity contribution in [1.82, 2.24) is 4.90 Å². The first kappa shape index (κ1) is 43.1. The van der Waals surface area contributed by atoms with Crippen LogP contribution in [0.15, 0.2) is 259 Å². The molecule has 0 fully saturated rings. The third kappa shape index (κ3) is 7.36. The Kier molecular flexibility index (Phi) is 10.5. The molecule has 0 radical (unpaired) electrons. The highest BCUT2D eigenvalue weighted by Crippen LogP contribution is 2.50. The van der Waals surface area contributed by atoms with Crippen LogP contribution in [-0.4, -0.2) is 23.6 Å². The van der Waals surface area contributed by atoms with Gasteiger partial charge in [-0.15, -0.1) is 0 Å². The van der Waals surface area contributed by atoms with Crippen LogP contribution >= 0.6 is 0 Å². The molecule has 1 atom stereocenters. The average Bonchev–Trinajstić information content (AvgIpc) is 3.68. The van der Waals surface area contributed by atoms with Crippen molar-refractivity contribution in [1.29, 1.82) is 0 Å². The van der Waals surface area contributed by atoms with Crippen molar-refractivity contribution < 1.29 is 0 Å². The van der Waals surface area contributed by atoms with Gasteiger partial charge in [0.05, 0.1) is 0 Å². The molecule has 72 heavy (non-hydrogen) atoms. The smallest absolute Gasteiger partial charge is 0.159 e. The Morgan fingerprint density at radius 2 is 0.736 bits per heavy atom. The van der Waals surface area contributed by atoms with Gasteiger partial charge in [-0.05, 0) is 111 Å². The van der Waals surface area contributed by atoms with Crippen LogP contribution in [0, 0.1) is 0 Å². The largest absolute Gasteiger partial charge is 0.333 e. The number of benzene rings is 11. The van der Waals surface area contributed by atoms with E-state index in [2.05, 4.69) is 268 Å². The lowest BCUT2D eigenvalue weighted by Crippen LogP contribution is -2.35. The molecule has 3 heteroatoms. The molecule has 11 aromatic carbocycles. The van der Waals surface area contributed by atoms with Gasteiger partial charge in [-0.2, -0.15) is 0 Å². The van der Waals surface area contributed by atoms with Gasteiger partial charge >= 0.3 is 0 Å². The maximum atomic E-state index is 5.32. The summed E-state index contributed by atoms with van der Waals surface area (Å²) in [4.78, 5) is 12.7. The van der Waals surface area contributed by atoms with Crippen LogP contribution in [-0.2, 0) is 5.41 Å². The molecule has 1 heterocycles. The van der Waals surface area contributed by atoms with Gasteiger partial charge in [-0.3, -0.25) is 0 Å². The minimum Gasteiger partial charge on any atom is -0.333 e. The lowest BCUT2D eigenvalue weighted by Gasteiger charge is -2.32. The van der Waals surface area contributed by atoms with Crippen molar-refractivity contribution in [2.45, 2.75) is 25.4 Å². The molecule has 0 bridgehead atoms. The molecule has 13 rings (SSSR count). The van der Waals surface area contributed by atoms with Crippen molar-refractivity contribution >= 4 is 33.2 Å². The van der Waals surface area contributed by atoms with Gasteiger partial charge in [0.2, 0.25) is 0 Å². The van der Waals surface area contributed by atoms with Gasteiger partial charge in [0.15, 0.2) is 5.84 Å². The van der Waals surface area contributed by atoms with Gasteiger partial charge in [0.25, 0.3) is 0 Å². The summed E-state index contributed by atoms with van der Waals surface area (Å²) in [5.74, 6) is 1.61. The fourth-order valence-corrected chi connectivity index (χ4v) is 11.4. The van der Waals surface area contributed by atoms with E-state index in [1.54, 1.807) is 0 Å². The first-order valence-electron chi connectivity index (χ1n) is 25.0. The topological polar surface area (TPSA) is 28.0 Å². The molecule has 0 N–H and O–H groups in total. The normalized spacial score (nSPS) is 14.7. The van der Waals surface area contributed by atoms with Crippen molar-refractivity contribution in [2.24, 2.45) is 9.98 Å². The fourth-order valence-electron chi connectivity index (χ4n) is 11.4. The Labute approximate surface area is 421 Å². The van der Waals surface area contributed by atoms with Crippen molar-refractivity contribution in [2.75, 3.05) is 7.05 Å². The highest BCUT2D eigenvalue weighted by molar-refractivity contribution is 6.14. The third-order valence-corrected chi connectivity index (χ3v) is 15.2. The average molecular weight is 922 g/mol. The second-order valence-electron chi connectivity index (χ2n) is 19.7. The molecular formula is C69H51N3. The van der Waals surface area contributed by atoms with Crippen molar-refractivity contribution in [3.05, 3.63) is 277 Å². The molecule has 0 spiro atoms. The minimum absolute atomic E-state index is 0.0321. The molecule has 0 saturated carbocycles. The Morgan fingerprint density at radius 1 is 0.333 bits per heavy atom. The summed E-state index contributed by atoms with van der Waals surface area (Å²) in [5, 5.41) is 4.91. The van der Waals surface area contributed by atoms with E-state index in [0.717, 1.165) is 33.9 Å². The lowest BCUT2D eigenvalue weighted by molar-refractivity contribution is 0.383. The van der Waals surface area contributed by atoms with E-state index in [1.165, 1.54) is 93.9 Å². The predicted molar refractivity (Wildman–Crippen MR) is 303 cm³/mol. The third-order valence-electron chi connectivity index (χ3n) is 15.2. The van der Waals surface area contributed by atoms with Gasteiger partial charge in [0.1, 0.15) is 12.0 Å². The second-order valence-corrected chi connectivity index (χ2v) is 19.7. The maximum Gasteiger partial charge on any atom is 0.159 e. The van der Waals surface area contributed by atoms with Crippen LogP contribution in [0.25, 0.3) is 88.3 Å². The number of fused-ring (bicyclic) bond motifs is 5. The van der Waals surface area contributed by atoms with E-state index >= 15 is 0 Å². The van der Waals surface area contributed by atoms with E-state index in [1.807, 2.05) is 6.07 Å². The fraction of sp³-hybridized carbons (Fsp3) is 0.0725. The van der Waals surface area contributed by atoms with Crippen LogP contribution in [0.3, 0.4) is 0 Å². The van der Waals surface area contributed by atoms with Crippen LogP contribution in [0.4, 0.5) is 0 Å². The molecule has 1 aliphatic carbocycles. The quantitative estimate of drug-likeness (QED) is 0.149. The first-order valence-corrected chi connectivity index (χ1v) is 25.0. The Bertz CT molecular complexity index is 3920. The highest BCUT2D eigenvalue weighted by atomic mass is 15.3. The second kappa shape index (κ2) is 17.5. The molecule has 1 unspecified atom stereocenters. The SMILES string of the molecule is CN1C(c2ccccc2)=NC(c2ccc(-c3ccc(-c4ccc(-c5ccc(-c6ccc7c(c6)C(C)(C)c6ccccc6-7)cc5)c5ccccc45)c4ccccc34)cc2)=NC1c1ccc(-c2ccccc2)cc1. The van der Waals surface area contributed by atoms with E-state index in [9.17, 15) is 0 Å². The van der Waals surface area contributed by atoms with Gasteiger partial charge in [-0.1, -0.05) is 257 Å². The summed E-state index contributed by atoms with van der Waals surface area (Å²) < 4.78 is 0. The van der Waals surface area contributed by atoms with Gasteiger partial charge in [0, 0.05) is 23.6 Å². The number of amidine groups is 2. The zero-order valence-electron chi connectivity index (χ0n) is 40.6. The first-order chi connectivity index (χ1) is 35.4. The van der Waals surface area contributed by atoms with E-state index < -0.39 is 0 Å². The molecule has 0 saturated heterocycles. The predicted octanol–water partition coefficient (Wildman–Crippen LogP) is 17.5. The van der Waals surface area contributed by atoms with Crippen LogP contribution in [0.2, 0.25) is 0 Å². The summed E-state index contributed by atoms with van der Waals surface area (Å²) in [6.45, 7) is 4.70. The maximum absolute atomic E-state index is 5.32. The number of aliphatic imine (C=N–C) groups is 2. The van der Waals surface area contributed by atoms with Crippen LogP contribution in [0.5, 0.6) is 0 Å². The Morgan fingerprint density at radius 3 is 1.33 bits per heavy atom. The lowest BCUT2D eigenvalue weighted by atomic mass is 9.81. The summed E-state index contributed by atoms with van der Waals surface area (Å²) in [7, 11) is 2.09. The van der Waals surface area contributed by atoms with Gasteiger partial charge in [-0.25, -0.2) is 9.98 Å². The zero-order valence-corrected chi connectivity index (χ0v) is 40.6.